The average molecular weight is 293 g/mol. The van der Waals surface area contributed by atoms with Crippen LogP contribution in [0.2, 0.25) is 0 Å². The van der Waals surface area contributed by atoms with Crippen LogP contribution in [0.5, 0.6) is 0 Å². The molecule has 4 N–H and O–H groups in total. The zero-order valence-corrected chi connectivity index (χ0v) is 13.1. The predicted octanol–water partition coefficient (Wildman–Crippen LogP) is 2.45. The molecular weight excluding hydrogens is 269 g/mol. The number of carbonyl (C=O) groups excluding carboxylic acids is 1. The molecule has 0 aliphatic carbocycles. The summed E-state index contributed by atoms with van der Waals surface area (Å²) in [5, 5.41) is 6.55. The molecule has 0 saturated carbocycles. The van der Waals surface area contributed by atoms with Gasteiger partial charge in [-0.05, 0) is 52.7 Å². The van der Waals surface area contributed by atoms with Crippen LogP contribution in [0, 0.1) is 5.82 Å². The number of nitrogen functional groups attached to an aromatic ring is 1. The van der Waals surface area contributed by atoms with Crippen LogP contribution in [0.15, 0.2) is 18.2 Å². The van der Waals surface area contributed by atoms with E-state index in [1.54, 1.807) is 6.07 Å². The van der Waals surface area contributed by atoms with Crippen molar-refractivity contribution in [3.05, 3.63) is 29.6 Å². The van der Waals surface area contributed by atoms with Crippen LogP contribution in [0.3, 0.4) is 0 Å². The van der Waals surface area contributed by atoms with Gasteiger partial charge in [-0.2, -0.15) is 0 Å². The minimum Gasteiger partial charge on any atom is -0.396 e. The van der Waals surface area contributed by atoms with E-state index >= 15 is 0 Å². The van der Waals surface area contributed by atoms with E-state index in [0.29, 0.717) is 0 Å². The van der Waals surface area contributed by atoms with Gasteiger partial charge in [0.2, 0.25) is 0 Å². The Kier molecular flexibility index (Phi) is 3.97. The number of piperidine rings is 1. The highest BCUT2D eigenvalue weighted by Crippen LogP contribution is 2.29. The summed E-state index contributed by atoms with van der Waals surface area (Å²) in [7, 11) is 0. The fraction of sp³-hybridized carbons (Fsp3) is 0.562. The van der Waals surface area contributed by atoms with Gasteiger partial charge in [-0.1, -0.05) is 6.07 Å². The molecule has 0 atom stereocenters. The Morgan fingerprint density at radius 3 is 2.43 bits per heavy atom. The van der Waals surface area contributed by atoms with E-state index in [-0.39, 0.29) is 34.3 Å². The van der Waals surface area contributed by atoms with Crippen LogP contribution >= 0.6 is 0 Å². The first-order valence-electron chi connectivity index (χ1n) is 7.24. The molecule has 1 saturated heterocycles. The summed E-state index contributed by atoms with van der Waals surface area (Å²) >= 11 is 0. The van der Waals surface area contributed by atoms with Crippen LogP contribution in [-0.4, -0.2) is 23.0 Å². The standard InChI is InChI=1S/C16H24FN3O/c1-15(2)8-10(9-16(3,4)20-15)19-14(21)11-6-5-7-12(17)13(11)18/h5-7,10,20H,8-9,18H2,1-4H3,(H,19,21). The number of hydrogen-bond acceptors (Lipinski definition) is 3. The first-order chi connectivity index (χ1) is 9.60. The molecule has 0 radical (unpaired) electrons. The summed E-state index contributed by atoms with van der Waals surface area (Å²) < 4.78 is 13.4. The third kappa shape index (κ3) is 3.73. The minimum atomic E-state index is -0.561. The Bertz CT molecular complexity index is 538. The lowest BCUT2D eigenvalue weighted by Gasteiger charge is -2.46. The number of benzene rings is 1. The Morgan fingerprint density at radius 1 is 1.29 bits per heavy atom. The van der Waals surface area contributed by atoms with E-state index < -0.39 is 5.82 Å². The largest absolute Gasteiger partial charge is 0.396 e. The summed E-state index contributed by atoms with van der Waals surface area (Å²) in [6, 6.07) is 4.33. The van der Waals surface area contributed by atoms with Crippen LogP contribution in [0.4, 0.5) is 10.1 Å². The lowest BCUT2D eigenvalue weighted by molar-refractivity contribution is 0.0873. The highest BCUT2D eigenvalue weighted by Gasteiger charge is 2.38. The Labute approximate surface area is 125 Å². The number of halogens is 1. The molecule has 1 heterocycles. The fourth-order valence-corrected chi connectivity index (χ4v) is 3.42. The zero-order chi connectivity index (χ0) is 15.8. The van der Waals surface area contributed by atoms with Gasteiger partial charge >= 0.3 is 0 Å². The number of nitrogens with two attached hydrogens (primary N) is 1. The Morgan fingerprint density at radius 2 is 1.86 bits per heavy atom. The molecule has 1 aliphatic heterocycles. The van der Waals surface area contributed by atoms with Gasteiger partial charge in [0.05, 0.1) is 11.3 Å². The Balaban J connectivity index is 2.14. The van der Waals surface area contributed by atoms with Crippen molar-refractivity contribution < 1.29 is 9.18 Å². The highest BCUT2D eigenvalue weighted by molar-refractivity contribution is 5.99. The van der Waals surface area contributed by atoms with Crippen molar-refractivity contribution in [2.75, 3.05) is 5.73 Å². The van der Waals surface area contributed by atoms with E-state index in [9.17, 15) is 9.18 Å². The van der Waals surface area contributed by atoms with Crippen molar-refractivity contribution in [3.63, 3.8) is 0 Å². The van der Waals surface area contributed by atoms with Gasteiger partial charge in [0, 0.05) is 17.1 Å². The van der Waals surface area contributed by atoms with Crippen LogP contribution in [-0.2, 0) is 0 Å². The molecule has 21 heavy (non-hydrogen) atoms. The molecule has 1 amide bonds. The number of nitrogens with one attached hydrogen (secondary N) is 2. The van der Waals surface area contributed by atoms with Crippen molar-refractivity contribution >= 4 is 11.6 Å². The summed E-state index contributed by atoms with van der Waals surface area (Å²) in [6.45, 7) is 8.46. The zero-order valence-electron chi connectivity index (χ0n) is 13.1. The first-order valence-corrected chi connectivity index (χ1v) is 7.24. The van der Waals surface area contributed by atoms with Gasteiger partial charge in [-0.15, -0.1) is 0 Å². The van der Waals surface area contributed by atoms with Gasteiger partial charge in [-0.25, -0.2) is 4.39 Å². The van der Waals surface area contributed by atoms with Crippen LogP contribution < -0.4 is 16.4 Å². The second-order valence-electron chi connectivity index (χ2n) is 7.17. The van der Waals surface area contributed by atoms with E-state index in [1.807, 2.05) is 0 Å². The van der Waals surface area contributed by atoms with Crippen molar-refractivity contribution in [1.29, 1.82) is 0 Å². The quantitative estimate of drug-likeness (QED) is 0.734. The molecule has 0 spiro atoms. The molecule has 0 bridgehead atoms. The number of hydrogen-bond donors (Lipinski definition) is 3. The Hall–Kier alpha value is -1.62. The minimum absolute atomic E-state index is 0.0337. The summed E-state index contributed by atoms with van der Waals surface area (Å²) in [5.41, 5.74) is 5.63. The summed E-state index contributed by atoms with van der Waals surface area (Å²) in [4.78, 5) is 12.3. The normalized spacial score (nSPS) is 21.0. The maximum absolute atomic E-state index is 13.4. The maximum atomic E-state index is 13.4. The van der Waals surface area contributed by atoms with Gasteiger partial charge < -0.3 is 16.4 Å². The highest BCUT2D eigenvalue weighted by atomic mass is 19.1. The number of carbonyl (C=O) groups is 1. The van der Waals surface area contributed by atoms with Gasteiger partial charge in [-0.3, -0.25) is 4.79 Å². The van der Waals surface area contributed by atoms with Crippen molar-refractivity contribution in [2.24, 2.45) is 0 Å². The molecule has 116 valence electrons. The molecule has 5 heteroatoms. The predicted molar refractivity (Wildman–Crippen MR) is 82.6 cm³/mol. The number of amides is 1. The van der Waals surface area contributed by atoms with E-state index in [1.165, 1.54) is 12.1 Å². The number of rotatable bonds is 2. The molecule has 1 fully saturated rings. The molecule has 1 aromatic rings. The van der Waals surface area contributed by atoms with Crippen LogP contribution in [0.1, 0.15) is 50.9 Å². The molecular formula is C16H24FN3O. The summed E-state index contributed by atoms with van der Waals surface area (Å²) in [5.74, 6) is -0.876. The second kappa shape index (κ2) is 5.30. The summed E-state index contributed by atoms with van der Waals surface area (Å²) in [6.07, 6.45) is 1.63. The van der Waals surface area contributed by atoms with Crippen molar-refractivity contribution in [1.82, 2.24) is 10.6 Å². The topological polar surface area (TPSA) is 67.2 Å². The molecule has 0 unspecified atom stereocenters. The van der Waals surface area contributed by atoms with Gasteiger partial charge in [0.15, 0.2) is 0 Å². The fourth-order valence-electron chi connectivity index (χ4n) is 3.42. The SMILES string of the molecule is CC1(C)CC(NC(=O)c2cccc(F)c2N)CC(C)(C)N1. The molecule has 4 nitrogen and oxygen atoms in total. The molecule has 0 aromatic heterocycles. The molecule has 2 rings (SSSR count). The van der Waals surface area contributed by atoms with E-state index in [4.69, 9.17) is 5.73 Å². The smallest absolute Gasteiger partial charge is 0.253 e. The van der Waals surface area contributed by atoms with E-state index in [2.05, 4.69) is 38.3 Å². The van der Waals surface area contributed by atoms with Crippen molar-refractivity contribution in [3.8, 4) is 0 Å². The molecule has 1 aliphatic rings. The third-order valence-electron chi connectivity index (χ3n) is 3.82. The maximum Gasteiger partial charge on any atom is 0.253 e. The van der Waals surface area contributed by atoms with Gasteiger partial charge in [0.1, 0.15) is 5.82 Å². The van der Waals surface area contributed by atoms with E-state index in [0.717, 1.165) is 12.8 Å². The first kappa shape index (κ1) is 15.8. The van der Waals surface area contributed by atoms with Gasteiger partial charge in [0.25, 0.3) is 5.91 Å². The monoisotopic (exact) mass is 293 g/mol. The van der Waals surface area contributed by atoms with Crippen LogP contribution in [0.25, 0.3) is 0 Å². The molecule has 1 aromatic carbocycles. The number of anilines is 1. The average Bonchev–Trinajstić information content (AvgIpc) is 2.28. The lowest BCUT2D eigenvalue weighted by atomic mass is 9.79. The number of para-hydroxylation sites is 1. The third-order valence-corrected chi connectivity index (χ3v) is 3.82. The lowest BCUT2D eigenvalue weighted by Crippen LogP contribution is -2.62. The second-order valence-corrected chi connectivity index (χ2v) is 7.17. The van der Waals surface area contributed by atoms with Crippen molar-refractivity contribution in [2.45, 2.75) is 57.7 Å².